The van der Waals surface area contributed by atoms with Crippen LogP contribution in [-0.4, -0.2) is 23.5 Å². The highest BCUT2D eigenvalue weighted by Crippen LogP contribution is 2.30. The van der Waals surface area contributed by atoms with Crippen LogP contribution in [0.3, 0.4) is 0 Å². The third kappa shape index (κ3) is 3.52. The van der Waals surface area contributed by atoms with E-state index in [4.69, 9.17) is 5.73 Å². The maximum absolute atomic E-state index is 14.4. The van der Waals surface area contributed by atoms with E-state index in [1.165, 1.54) is 28.4 Å². The second-order valence-corrected chi connectivity index (χ2v) is 7.09. The number of halogens is 1. The molecule has 0 atom stereocenters. The summed E-state index contributed by atoms with van der Waals surface area (Å²) in [6.45, 7) is 0.504. The predicted molar refractivity (Wildman–Crippen MR) is 107 cm³/mol. The third-order valence-electron chi connectivity index (χ3n) is 4.40. The van der Waals surface area contributed by atoms with Crippen LogP contribution in [-0.2, 0) is 6.42 Å². The summed E-state index contributed by atoms with van der Waals surface area (Å²) in [5.41, 5.74) is 7.95. The zero-order valence-corrected chi connectivity index (χ0v) is 15.4. The first-order chi connectivity index (χ1) is 13.5. The van der Waals surface area contributed by atoms with Crippen molar-refractivity contribution in [2.24, 2.45) is 5.73 Å². The molecule has 4 rings (SSSR count). The van der Waals surface area contributed by atoms with E-state index in [1.807, 2.05) is 0 Å². The fourth-order valence-electron chi connectivity index (χ4n) is 3.09. The Hall–Kier alpha value is -3.46. The Morgan fingerprint density at radius 2 is 2.00 bits per heavy atom. The third-order valence-corrected chi connectivity index (χ3v) is 5.08. The number of hydrogen-bond acceptors (Lipinski definition) is 5. The van der Waals surface area contributed by atoms with Crippen molar-refractivity contribution in [3.05, 3.63) is 64.9 Å². The van der Waals surface area contributed by atoms with Crippen LogP contribution in [0.1, 0.15) is 15.9 Å². The van der Waals surface area contributed by atoms with E-state index in [2.05, 4.69) is 15.6 Å². The zero-order valence-electron chi connectivity index (χ0n) is 14.6. The number of nitrogens with one attached hydrogen (secondary N) is 2. The first-order valence-corrected chi connectivity index (χ1v) is 9.36. The highest BCUT2D eigenvalue weighted by Gasteiger charge is 2.23. The molecule has 9 heteroatoms. The van der Waals surface area contributed by atoms with Gasteiger partial charge in [-0.2, -0.15) is 0 Å². The summed E-state index contributed by atoms with van der Waals surface area (Å²) in [6.07, 6.45) is 2.29. The maximum Gasteiger partial charge on any atom is 0.319 e. The Bertz CT molecular complexity index is 1050. The number of benzene rings is 2. The zero-order chi connectivity index (χ0) is 19.7. The highest BCUT2D eigenvalue weighted by molar-refractivity contribution is 7.13. The average molecular weight is 397 g/mol. The van der Waals surface area contributed by atoms with Gasteiger partial charge in [0.25, 0.3) is 5.91 Å². The molecule has 28 heavy (non-hydrogen) atoms. The molecular weight excluding hydrogens is 381 g/mol. The van der Waals surface area contributed by atoms with Crippen LogP contribution in [0.2, 0.25) is 0 Å². The summed E-state index contributed by atoms with van der Waals surface area (Å²) in [5.74, 6) is -1.19. The molecule has 0 radical (unpaired) electrons. The van der Waals surface area contributed by atoms with E-state index >= 15 is 0 Å². The molecular formula is C19H16FN5O2S. The van der Waals surface area contributed by atoms with Gasteiger partial charge in [0.05, 0.1) is 5.56 Å². The number of carbonyl (C=O) groups excluding carboxylic acids is 2. The lowest BCUT2D eigenvalue weighted by molar-refractivity contribution is 0.102. The van der Waals surface area contributed by atoms with Crippen LogP contribution in [0.25, 0.3) is 0 Å². The molecule has 0 unspecified atom stereocenters. The molecule has 0 saturated heterocycles. The number of rotatable bonds is 4. The molecule has 0 aliphatic carbocycles. The minimum atomic E-state index is -0.639. The van der Waals surface area contributed by atoms with Crippen LogP contribution in [0.4, 0.5) is 31.4 Å². The van der Waals surface area contributed by atoms with Crippen LogP contribution >= 0.6 is 11.3 Å². The van der Waals surface area contributed by atoms with Gasteiger partial charge in [-0.25, -0.2) is 14.2 Å². The van der Waals surface area contributed by atoms with Crippen LogP contribution in [0.15, 0.2) is 48.0 Å². The SMILES string of the molecule is NC(=O)N1CCc2cc(NC(=O)c3ccc(Nc4nccs4)cc3F)ccc21. The van der Waals surface area contributed by atoms with Gasteiger partial charge in [-0.1, -0.05) is 0 Å². The number of amides is 3. The monoisotopic (exact) mass is 397 g/mol. The summed E-state index contributed by atoms with van der Waals surface area (Å²) in [4.78, 5) is 29.4. The van der Waals surface area contributed by atoms with Gasteiger partial charge in [-0.3, -0.25) is 9.69 Å². The lowest BCUT2D eigenvalue weighted by Crippen LogP contribution is -2.33. The van der Waals surface area contributed by atoms with Gasteiger partial charge in [0.2, 0.25) is 0 Å². The molecule has 1 aliphatic rings. The fourth-order valence-corrected chi connectivity index (χ4v) is 3.64. The Kier molecular flexibility index (Phi) is 4.66. The van der Waals surface area contributed by atoms with Crippen molar-refractivity contribution in [1.29, 1.82) is 0 Å². The standard InChI is InChI=1S/C19H16FN5O2S/c20-15-10-13(24-19-22-6-8-28-19)1-3-14(15)17(26)23-12-2-4-16-11(9-12)5-7-25(16)18(21)27/h1-4,6,8-10H,5,7H2,(H2,21,27)(H,22,24)(H,23,26). The number of primary amides is 1. The number of urea groups is 1. The van der Waals surface area contributed by atoms with Gasteiger partial charge in [0.1, 0.15) is 5.82 Å². The van der Waals surface area contributed by atoms with Crippen molar-refractivity contribution in [2.45, 2.75) is 6.42 Å². The minimum Gasteiger partial charge on any atom is -0.351 e. The van der Waals surface area contributed by atoms with Crippen LogP contribution < -0.4 is 21.3 Å². The van der Waals surface area contributed by atoms with Crippen molar-refractivity contribution < 1.29 is 14.0 Å². The van der Waals surface area contributed by atoms with E-state index in [0.717, 1.165) is 11.3 Å². The van der Waals surface area contributed by atoms with Crippen molar-refractivity contribution in [2.75, 3.05) is 22.1 Å². The molecule has 1 aromatic heterocycles. The van der Waals surface area contributed by atoms with E-state index in [1.54, 1.807) is 35.8 Å². The first kappa shape index (κ1) is 17.9. The molecule has 0 saturated carbocycles. The van der Waals surface area contributed by atoms with Crippen LogP contribution in [0, 0.1) is 5.82 Å². The number of anilines is 4. The van der Waals surface area contributed by atoms with E-state index in [0.29, 0.717) is 29.5 Å². The molecule has 0 spiro atoms. The molecule has 4 N–H and O–H groups in total. The summed E-state index contributed by atoms with van der Waals surface area (Å²) < 4.78 is 14.4. The quantitative estimate of drug-likeness (QED) is 0.625. The van der Waals surface area contributed by atoms with Gasteiger partial charge in [0, 0.05) is 35.2 Å². The molecule has 1 aliphatic heterocycles. The number of fused-ring (bicyclic) bond motifs is 1. The Balaban J connectivity index is 1.49. The summed E-state index contributed by atoms with van der Waals surface area (Å²) in [6, 6.07) is 8.93. The second kappa shape index (κ2) is 7.28. The number of nitrogens with two attached hydrogens (primary N) is 1. The molecule has 2 heterocycles. The van der Waals surface area contributed by atoms with Crippen molar-refractivity contribution in [3.63, 3.8) is 0 Å². The van der Waals surface area contributed by atoms with Crippen molar-refractivity contribution in [3.8, 4) is 0 Å². The summed E-state index contributed by atoms with van der Waals surface area (Å²) in [7, 11) is 0. The molecule has 3 aromatic rings. The molecule has 0 fully saturated rings. The topological polar surface area (TPSA) is 100 Å². The largest absolute Gasteiger partial charge is 0.351 e. The average Bonchev–Trinajstić information content (AvgIpc) is 3.30. The van der Waals surface area contributed by atoms with Gasteiger partial charge in [-0.15, -0.1) is 11.3 Å². The van der Waals surface area contributed by atoms with Crippen molar-refractivity contribution in [1.82, 2.24) is 4.98 Å². The lowest BCUT2D eigenvalue weighted by Gasteiger charge is -2.14. The number of thiazole rings is 1. The van der Waals surface area contributed by atoms with Gasteiger partial charge >= 0.3 is 6.03 Å². The molecule has 7 nitrogen and oxygen atoms in total. The Morgan fingerprint density at radius 3 is 2.71 bits per heavy atom. The molecule has 0 bridgehead atoms. The van der Waals surface area contributed by atoms with Gasteiger partial charge < -0.3 is 16.4 Å². The lowest BCUT2D eigenvalue weighted by atomic mass is 10.1. The Morgan fingerprint density at radius 1 is 1.18 bits per heavy atom. The second-order valence-electron chi connectivity index (χ2n) is 6.19. The smallest absolute Gasteiger partial charge is 0.319 e. The molecule has 2 aromatic carbocycles. The van der Waals surface area contributed by atoms with Gasteiger partial charge in [-0.05, 0) is 48.4 Å². The van der Waals surface area contributed by atoms with Gasteiger partial charge in [0.15, 0.2) is 5.13 Å². The molecule has 3 amide bonds. The highest BCUT2D eigenvalue weighted by atomic mass is 32.1. The maximum atomic E-state index is 14.4. The summed E-state index contributed by atoms with van der Waals surface area (Å²) in [5, 5.41) is 8.11. The summed E-state index contributed by atoms with van der Waals surface area (Å²) >= 11 is 1.39. The molecule has 142 valence electrons. The van der Waals surface area contributed by atoms with E-state index < -0.39 is 17.8 Å². The number of nitrogens with zero attached hydrogens (tertiary/aromatic N) is 2. The Labute approximate surface area is 164 Å². The number of aromatic nitrogens is 1. The van der Waals surface area contributed by atoms with E-state index in [9.17, 15) is 14.0 Å². The number of hydrogen-bond donors (Lipinski definition) is 3. The number of carbonyl (C=O) groups is 2. The minimum absolute atomic E-state index is 0.0658. The van der Waals surface area contributed by atoms with Crippen LogP contribution in [0.5, 0.6) is 0 Å². The fraction of sp³-hybridized carbons (Fsp3) is 0.105. The normalized spacial score (nSPS) is 12.5. The first-order valence-electron chi connectivity index (χ1n) is 8.48. The van der Waals surface area contributed by atoms with E-state index in [-0.39, 0.29) is 5.56 Å². The van der Waals surface area contributed by atoms with Crippen molar-refractivity contribution >= 4 is 45.5 Å². The predicted octanol–water partition coefficient (Wildman–Crippen LogP) is 3.72.